The fourth-order valence-electron chi connectivity index (χ4n) is 7.27. The zero-order chi connectivity index (χ0) is 31.6. The molecule has 45 heavy (non-hydrogen) atoms. The van der Waals surface area contributed by atoms with Crippen LogP contribution in [-0.4, -0.2) is 65.6 Å². The number of halogens is 3. The number of ether oxygens (including phenoxy) is 3. The molecule has 2 fully saturated rings. The van der Waals surface area contributed by atoms with Crippen molar-refractivity contribution in [2.24, 2.45) is 0 Å². The van der Waals surface area contributed by atoms with E-state index in [0.717, 1.165) is 54.0 Å². The van der Waals surface area contributed by atoms with Gasteiger partial charge < -0.3 is 19.1 Å². The molecule has 7 rings (SSSR count). The van der Waals surface area contributed by atoms with Gasteiger partial charge >= 0.3 is 12.2 Å². The topological polar surface area (TPSA) is 77.0 Å². The van der Waals surface area contributed by atoms with Crippen LogP contribution in [0, 0.1) is 17.7 Å². The molecule has 4 aromatic rings. The molecule has 3 heterocycles. The quantitative estimate of drug-likeness (QED) is 0.177. The van der Waals surface area contributed by atoms with Gasteiger partial charge in [0.1, 0.15) is 28.5 Å². The van der Waals surface area contributed by atoms with Crippen LogP contribution in [0.25, 0.3) is 32.8 Å². The van der Waals surface area contributed by atoms with E-state index in [0.29, 0.717) is 24.4 Å². The van der Waals surface area contributed by atoms with Gasteiger partial charge in [0, 0.05) is 25.6 Å². The van der Waals surface area contributed by atoms with Crippen molar-refractivity contribution in [3.8, 4) is 16.9 Å². The Kier molecular flexibility index (Phi) is 7.26. The van der Waals surface area contributed by atoms with Crippen molar-refractivity contribution in [3.05, 3.63) is 59.2 Å². The molecule has 0 spiro atoms. The van der Waals surface area contributed by atoms with E-state index in [9.17, 15) is 4.79 Å². The Balaban J connectivity index is 1.33. The Bertz CT molecular complexity index is 1830. The van der Waals surface area contributed by atoms with Gasteiger partial charge in [-0.15, -0.1) is 0 Å². The molecular formula is C34H35F3N4O4. The average Bonchev–Trinajstić information content (AvgIpc) is 3.57. The van der Waals surface area contributed by atoms with Crippen LogP contribution < -0.4 is 9.64 Å². The number of nitrogens with zero attached hydrogens (tertiary/aromatic N) is 4. The number of aryl methyl sites for hydroxylation is 2. The summed E-state index contributed by atoms with van der Waals surface area (Å²) in [7, 11) is 1.49. The number of methoxy groups -OCH3 is 1. The van der Waals surface area contributed by atoms with Crippen molar-refractivity contribution in [3.63, 3.8) is 0 Å². The first kappa shape index (κ1) is 29.6. The van der Waals surface area contributed by atoms with Gasteiger partial charge in [-0.2, -0.15) is 14.4 Å². The number of carbonyl (C=O) groups is 1. The van der Waals surface area contributed by atoms with Gasteiger partial charge in [-0.25, -0.2) is 13.6 Å². The van der Waals surface area contributed by atoms with E-state index in [1.807, 2.05) is 39.0 Å². The third kappa shape index (κ3) is 5.20. The van der Waals surface area contributed by atoms with E-state index in [1.165, 1.54) is 13.2 Å². The number of carbonyl (C=O) groups excluding carboxylic acids is 1. The van der Waals surface area contributed by atoms with Gasteiger partial charge in [0.05, 0.1) is 17.6 Å². The maximum Gasteiger partial charge on any atom is 0.410 e. The Morgan fingerprint density at radius 3 is 2.49 bits per heavy atom. The van der Waals surface area contributed by atoms with Crippen molar-refractivity contribution in [1.29, 1.82) is 0 Å². The second kappa shape index (κ2) is 11.0. The molecule has 3 aromatic carbocycles. The molecule has 2 saturated heterocycles. The van der Waals surface area contributed by atoms with Crippen LogP contribution in [0.3, 0.4) is 0 Å². The lowest BCUT2D eigenvalue weighted by Crippen LogP contribution is -2.57. The van der Waals surface area contributed by atoms with E-state index >= 15 is 13.2 Å². The smallest absolute Gasteiger partial charge is 0.410 e. The lowest BCUT2D eigenvalue weighted by Gasteiger charge is -2.42. The first-order chi connectivity index (χ1) is 21.5. The highest BCUT2D eigenvalue weighted by atomic mass is 19.1. The van der Waals surface area contributed by atoms with Crippen LogP contribution in [0.5, 0.6) is 5.75 Å². The average molecular weight is 621 g/mol. The molecule has 2 aliphatic heterocycles. The SMILES string of the molecule is COCOc1cc(-c2c(F)cc3c(N4C[C@H]5CC[C@@H](C4)N5C(=O)OC(C)(C)C)nc(F)nc3c2F)c2c3c(ccc2c1)CCC3. The number of hydrogen-bond donors (Lipinski definition) is 0. The molecule has 11 heteroatoms. The van der Waals surface area contributed by atoms with Crippen molar-refractivity contribution < 1.29 is 32.2 Å². The van der Waals surface area contributed by atoms with Crippen LogP contribution in [0.1, 0.15) is 51.2 Å². The highest BCUT2D eigenvalue weighted by molar-refractivity contribution is 6.03. The van der Waals surface area contributed by atoms with Gasteiger partial charge in [0.15, 0.2) is 12.6 Å². The second-order valence-corrected chi connectivity index (χ2v) is 13.1. The van der Waals surface area contributed by atoms with Gasteiger partial charge in [-0.1, -0.05) is 12.1 Å². The molecule has 2 atom stereocenters. The Morgan fingerprint density at radius 1 is 1.02 bits per heavy atom. The monoisotopic (exact) mass is 620 g/mol. The lowest BCUT2D eigenvalue weighted by atomic mass is 9.91. The third-order valence-electron chi connectivity index (χ3n) is 9.00. The molecule has 3 aliphatic rings. The van der Waals surface area contributed by atoms with E-state index in [4.69, 9.17) is 14.2 Å². The number of rotatable bonds is 5. The molecule has 1 aromatic heterocycles. The molecular weight excluding hydrogens is 585 g/mol. The number of hydrogen-bond acceptors (Lipinski definition) is 7. The number of aromatic nitrogens is 2. The fraction of sp³-hybridized carbons (Fsp3) is 0.441. The maximum atomic E-state index is 16.6. The summed E-state index contributed by atoms with van der Waals surface area (Å²) in [5, 5.41) is 1.60. The van der Waals surface area contributed by atoms with Crippen LogP contribution in [-0.2, 0) is 22.3 Å². The summed E-state index contributed by atoms with van der Waals surface area (Å²) in [5.41, 5.74) is 1.26. The van der Waals surface area contributed by atoms with Gasteiger partial charge in [-0.3, -0.25) is 4.90 Å². The molecule has 0 unspecified atom stereocenters. The fourth-order valence-corrected chi connectivity index (χ4v) is 7.27. The van der Waals surface area contributed by atoms with E-state index in [-0.39, 0.29) is 41.2 Å². The zero-order valence-corrected chi connectivity index (χ0v) is 25.8. The summed E-state index contributed by atoms with van der Waals surface area (Å²) < 4.78 is 64.5. The van der Waals surface area contributed by atoms with E-state index < -0.39 is 29.4 Å². The zero-order valence-electron chi connectivity index (χ0n) is 25.8. The maximum absolute atomic E-state index is 16.6. The summed E-state index contributed by atoms with van der Waals surface area (Å²) in [6.45, 7) is 6.05. The first-order valence-electron chi connectivity index (χ1n) is 15.3. The largest absolute Gasteiger partial charge is 0.468 e. The predicted molar refractivity (Wildman–Crippen MR) is 164 cm³/mol. The van der Waals surface area contributed by atoms with Crippen molar-refractivity contribution in [2.45, 2.75) is 70.6 Å². The molecule has 0 radical (unpaired) electrons. The number of benzene rings is 3. The summed E-state index contributed by atoms with van der Waals surface area (Å²) in [6, 6.07) is 8.21. The predicted octanol–water partition coefficient (Wildman–Crippen LogP) is 6.93. The van der Waals surface area contributed by atoms with Crippen molar-refractivity contribution in [2.75, 3.05) is 31.9 Å². The minimum absolute atomic E-state index is 0.0381. The Hall–Kier alpha value is -4.12. The minimum atomic E-state index is -1.11. The highest BCUT2D eigenvalue weighted by Crippen LogP contribution is 2.44. The van der Waals surface area contributed by atoms with Gasteiger partial charge in [0.2, 0.25) is 0 Å². The second-order valence-electron chi connectivity index (χ2n) is 13.1. The Morgan fingerprint density at radius 2 is 1.78 bits per heavy atom. The first-order valence-corrected chi connectivity index (χ1v) is 15.3. The molecule has 236 valence electrons. The number of anilines is 1. The third-order valence-corrected chi connectivity index (χ3v) is 9.00. The molecule has 0 N–H and O–H groups in total. The standard InChI is InChI=1S/C34H35F3N4O4/c1-34(2,3)45-33(42)41-20-10-11-21(41)16-40(15-20)31-25-14-26(35)28(29(36)30(25)38-32(37)39-31)24-13-22(44-17-43-4)12-19-9-8-18-6-5-7-23(18)27(19)24/h8-9,12-14,20-21H,5-7,10-11,15-17H2,1-4H3/t20-,21+. The Labute approximate surface area is 259 Å². The van der Waals surface area contributed by atoms with E-state index in [1.54, 1.807) is 15.9 Å². The molecule has 0 saturated carbocycles. The number of piperazine rings is 1. The van der Waals surface area contributed by atoms with Gasteiger partial charge in [-0.05, 0) is 98.5 Å². The highest BCUT2D eigenvalue weighted by Gasteiger charge is 2.45. The van der Waals surface area contributed by atoms with Crippen LogP contribution in [0.15, 0.2) is 30.3 Å². The summed E-state index contributed by atoms with van der Waals surface area (Å²) in [5.74, 6) is -1.29. The van der Waals surface area contributed by atoms with Gasteiger partial charge in [0.25, 0.3) is 0 Å². The van der Waals surface area contributed by atoms with Crippen LogP contribution in [0.2, 0.25) is 0 Å². The molecule has 1 amide bonds. The minimum Gasteiger partial charge on any atom is -0.468 e. The molecule has 8 nitrogen and oxygen atoms in total. The lowest BCUT2D eigenvalue weighted by molar-refractivity contribution is 0.0122. The number of amides is 1. The van der Waals surface area contributed by atoms with Crippen molar-refractivity contribution >= 4 is 33.6 Å². The molecule has 2 bridgehead atoms. The normalized spacial score (nSPS) is 19.4. The molecule has 1 aliphatic carbocycles. The number of fused-ring (bicyclic) bond motifs is 6. The summed E-state index contributed by atoms with van der Waals surface area (Å²) in [6.07, 6.45) is 2.58. The van der Waals surface area contributed by atoms with Crippen LogP contribution in [0.4, 0.5) is 23.8 Å². The summed E-state index contributed by atoms with van der Waals surface area (Å²) in [4.78, 5) is 24.4. The van der Waals surface area contributed by atoms with E-state index in [2.05, 4.69) is 9.97 Å². The van der Waals surface area contributed by atoms with Crippen LogP contribution >= 0.6 is 0 Å². The van der Waals surface area contributed by atoms with Crippen molar-refractivity contribution in [1.82, 2.24) is 14.9 Å². The summed E-state index contributed by atoms with van der Waals surface area (Å²) >= 11 is 0.